The summed E-state index contributed by atoms with van der Waals surface area (Å²) in [6.07, 6.45) is 0. The average Bonchev–Trinajstić information content (AvgIpc) is 2.87. The Kier molecular flexibility index (Phi) is 5.83. The molecular formula is C18H20FNO3S. The zero-order valence-electron chi connectivity index (χ0n) is 14.1. The van der Waals surface area contributed by atoms with Crippen LogP contribution in [0.25, 0.3) is 5.69 Å². The topological polar surface area (TPSA) is 48.3 Å². The number of halogens is 1. The van der Waals surface area contributed by atoms with Crippen molar-refractivity contribution < 1.29 is 18.7 Å². The molecule has 0 spiro atoms. The number of carbonyl (C=O) groups excluding carboxylic acids is 2. The van der Waals surface area contributed by atoms with E-state index in [0.29, 0.717) is 5.56 Å². The normalized spacial score (nSPS) is 12.0. The van der Waals surface area contributed by atoms with Gasteiger partial charge in [0, 0.05) is 22.6 Å². The Morgan fingerprint density at radius 1 is 1.25 bits per heavy atom. The lowest BCUT2D eigenvalue weighted by atomic mass is 10.2. The molecule has 0 saturated heterocycles. The third kappa shape index (κ3) is 3.87. The standard InChI is InChI=1S/C18H20FNO3S/c1-11-9-16(17(21)10-24-13(3)18(22)23-4)12(2)20(11)15-7-5-14(19)6-8-15/h5-9,13H,10H2,1-4H3. The lowest BCUT2D eigenvalue weighted by Crippen LogP contribution is -2.17. The number of Topliss-reactive ketones (excluding diaryl/α,β-unsaturated/α-hetero) is 1. The first kappa shape index (κ1) is 18.3. The molecule has 0 amide bonds. The Bertz CT molecular complexity index is 752. The quantitative estimate of drug-likeness (QED) is 0.589. The van der Waals surface area contributed by atoms with Crippen LogP contribution in [0.5, 0.6) is 0 Å². The highest BCUT2D eigenvalue weighted by Crippen LogP contribution is 2.23. The average molecular weight is 349 g/mol. The number of hydrogen-bond donors (Lipinski definition) is 0. The fourth-order valence-corrected chi connectivity index (χ4v) is 3.33. The number of nitrogens with zero attached hydrogens (tertiary/aromatic N) is 1. The van der Waals surface area contributed by atoms with Crippen molar-refractivity contribution >= 4 is 23.5 Å². The van der Waals surface area contributed by atoms with Crippen molar-refractivity contribution in [3.8, 4) is 5.69 Å². The molecule has 0 saturated carbocycles. The summed E-state index contributed by atoms with van der Waals surface area (Å²) in [5, 5.41) is -0.389. The minimum atomic E-state index is -0.389. The predicted octanol–water partition coefficient (Wildman–Crippen LogP) is 3.71. The van der Waals surface area contributed by atoms with Crippen molar-refractivity contribution in [2.45, 2.75) is 26.0 Å². The summed E-state index contributed by atoms with van der Waals surface area (Å²) in [6.45, 7) is 5.47. The van der Waals surface area contributed by atoms with E-state index in [2.05, 4.69) is 4.74 Å². The molecule has 0 radical (unpaired) electrons. The number of carbonyl (C=O) groups is 2. The van der Waals surface area contributed by atoms with Crippen LogP contribution in [0.3, 0.4) is 0 Å². The number of hydrogen-bond acceptors (Lipinski definition) is 4. The SMILES string of the molecule is COC(=O)C(C)SCC(=O)c1cc(C)n(-c2ccc(F)cc2)c1C. The second kappa shape index (κ2) is 7.66. The van der Waals surface area contributed by atoms with Crippen LogP contribution >= 0.6 is 11.8 Å². The van der Waals surface area contributed by atoms with Crippen LogP contribution in [-0.4, -0.2) is 34.4 Å². The second-order valence-corrected chi connectivity index (χ2v) is 6.83. The van der Waals surface area contributed by atoms with Crippen LogP contribution in [0.2, 0.25) is 0 Å². The minimum Gasteiger partial charge on any atom is -0.468 e. The Balaban J connectivity index is 2.20. The largest absolute Gasteiger partial charge is 0.468 e. The molecule has 2 rings (SSSR count). The summed E-state index contributed by atoms with van der Waals surface area (Å²) in [7, 11) is 1.33. The molecule has 128 valence electrons. The molecule has 0 fully saturated rings. The van der Waals surface area contributed by atoms with E-state index in [0.717, 1.165) is 17.1 Å². The van der Waals surface area contributed by atoms with Gasteiger partial charge in [-0.15, -0.1) is 11.8 Å². The number of methoxy groups -OCH3 is 1. The van der Waals surface area contributed by atoms with E-state index in [4.69, 9.17) is 0 Å². The van der Waals surface area contributed by atoms with Crippen molar-refractivity contribution in [1.82, 2.24) is 4.57 Å². The highest BCUT2D eigenvalue weighted by molar-refractivity contribution is 8.01. The maximum absolute atomic E-state index is 13.1. The molecule has 0 aliphatic carbocycles. The van der Waals surface area contributed by atoms with Gasteiger partial charge in [0.1, 0.15) is 11.1 Å². The lowest BCUT2D eigenvalue weighted by molar-refractivity contribution is -0.139. The zero-order valence-corrected chi connectivity index (χ0v) is 14.9. The monoisotopic (exact) mass is 349 g/mol. The van der Waals surface area contributed by atoms with E-state index in [1.54, 1.807) is 19.1 Å². The van der Waals surface area contributed by atoms with E-state index in [1.165, 1.54) is 31.0 Å². The molecule has 0 bridgehead atoms. The van der Waals surface area contributed by atoms with Crippen LogP contribution < -0.4 is 0 Å². The number of aromatic nitrogens is 1. The predicted molar refractivity (Wildman–Crippen MR) is 93.5 cm³/mol. The van der Waals surface area contributed by atoms with Gasteiger partial charge in [0.15, 0.2) is 5.78 Å². The summed E-state index contributed by atoms with van der Waals surface area (Å²) in [5.74, 6) is -0.489. The van der Waals surface area contributed by atoms with E-state index in [1.807, 2.05) is 24.5 Å². The van der Waals surface area contributed by atoms with Gasteiger partial charge in [-0.25, -0.2) is 4.39 Å². The maximum atomic E-state index is 13.1. The van der Waals surface area contributed by atoms with E-state index in [9.17, 15) is 14.0 Å². The number of esters is 1. The van der Waals surface area contributed by atoms with Gasteiger partial charge in [0.2, 0.25) is 0 Å². The van der Waals surface area contributed by atoms with Gasteiger partial charge in [-0.2, -0.15) is 0 Å². The van der Waals surface area contributed by atoms with Crippen LogP contribution in [0, 0.1) is 19.7 Å². The molecule has 1 aromatic heterocycles. The van der Waals surface area contributed by atoms with Gasteiger partial charge < -0.3 is 9.30 Å². The third-order valence-corrected chi connectivity index (χ3v) is 4.94. The minimum absolute atomic E-state index is 0.0442. The van der Waals surface area contributed by atoms with Crippen molar-refractivity contribution in [2.24, 2.45) is 0 Å². The summed E-state index contributed by atoms with van der Waals surface area (Å²) >= 11 is 1.25. The molecule has 4 nitrogen and oxygen atoms in total. The molecule has 0 N–H and O–H groups in total. The number of benzene rings is 1. The van der Waals surface area contributed by atoms with Crippen molar-refractivity contribution in [2.75, 3.05) is 12.9 Å². The Morgan fingerprint density at radius 2 is 1.88 bits per heavy atom. The Morgan fingerprint density at radius 3 is 2.46 bits per heavy atom. The number of aryl methyl sites for hydroxylation is 1. The first-order valence-electron chi connectivity index (χ1n) is 7.52. The zero-order chi connectivity index (χ0) is 17.9. The van der Waals surface area contributed by atoms with Gasteiger partial charge in [-0.1, -0.05) is 0 Å². The van der Waals surface area contributed by atoms with Crippen LogP contribution in [0.15, 0.2) is 30.3 Å². The Labute approximate surface area is 145 Å². The summed E-state index contributed by atoms with van der Waals surface area (Å²) in [6, 6.07) is 7.97. The van der Waals surface area contributed by atoms with Crippen LogP contribution in [-0.2, 0) is 9.53 Å². The Hall–Kier alpha value is -2.08. The molecule has 0 aliphatic rings. The fourth-order valence-electron chi connectivity index (χ4n) is 2.55. The maximum Gasteiger partial charge on any atom is 0.318 e. The summed E-state index contributed by atoms with van der Waals surface area (Å²) in [4.78, 5) is 23.9. The molecular weight excluding hydrogens is 329 g/mol. The molecule has 1 unspecified atom stereocenters. The first-order valence-corrected chi connectivity index (χ1v) is 8.57. The van der Waals surface area contributed by atoms with Crippen molar-refractivity contribution in [3.63, 3.8) is 0 Å². The van der Waals surface area contributed by atoms with Gasteiger partial charge in [0.25, 0.3) is 0 Å². The van der Waals surface area contributed by atoms with Gasteiger partial charge in [0.05, 0.1) is 12.9 Å². The molecule has 6 heteroatoms. The molecule has 24 heavy (non-hydrogen) atoms. The number of ether oxygens (including phenoxy) is 1. The number of thioether (sulfide) groups is 1. The highest BCUT2D eigenvalue weighted by Gasteiger charge is 2.20. The number of ketones is 1. The fraction of sp³-hybridized carbons (Fsp3) is 0.333. The van der Waals surface area contributed by atoms with Gasteiger partial charge in [-0.05, 0) is 51.1 Å². The van der Waals surface area contributed by atoms with Crippen LogP contribution in [0.4, 0.5) is 4.39 Å². The summed E-state index contributed by atoms with van der Waals surface area (Å²) in [5.41, 5.74) is 3.12. The van der Waals surface area contributed by atoms with E-state index >= 15 is 0 Å². The van der Waals surface area contributed by atoms with Crippen molar-refractivity contribution in [3.05, 3.63) is 53.1 Å². The lowest BCUT2D eigenvalue weighted by Gasteiger charge is -2.10. The van der Waals surface area contributed by atoms with Gasteiger partial charge in [-0.3, -0.25) is 9.59 Å². The molecule has 1 atom stereocenters. The molecule has 1 heterocycles. The smallest absolute Gasteiger partial charge is 0.318 e. The van der Waals surface area contributed by atoms with Gasteiger partial charge >= 0.3 is 5.97 Å². The first-order chi connectivity index (χ1) is 11.3. The summed E-state index contributed by atoms with van der Waals surface area (Å²) < 4.78 is 19.7. The van der Waals surface area contributed by atoms with E-state index in [-0.39, 0.29) is 28.6 Å². The van der Waals surface area contributed by atoms with Crippen molar-refractivity contribution in [1.29, 1.82) is 0 Å². The molecule has 1 aromatic carbocycles. The van der Waals surface area contributed by atoms with E-state index < -0.39 is 0 Å². The van der Waals surface area contributed by atoms with Crippen LogP contribution in [0.1, 0.15) is 28.7 Å². The highest BCUT2D eigenvalue weighted by atomic mass is 32.2. The molecule has 2 aromatic rings. The second-order valence-electron chi connectivity index (χ2n) is 5.50. The third-order valence-electron chi connectivity index (χ3n) is 3.81. The molecule has 0 aliphatic heterocycles. The number of rotatable bonds is 6.